The van der Waals surface area contributed by atoms with Gasteiger partial charge in [0.25, 0.3) is 15.6 Å². The van der Waals surface area contributed by atoms with Gasteiger partial charge in [-0.1, -0.05) is 0 Å². The van der Waals surface area contributed by atoms with Crippen LogP contribution in [0.25, 0.3) is 0 Å². The van der Waals surface area contributed by atoms with Gasteiger partial charge in [0.1, 0.15) is 36.6 Å². The van der Waals surface area contributed by atoms with Crippen LogP contribution in [0.1, 0.15) is 0 Å². The van der Waals surface area contributed by atoms with Gasteiger partial charge in [0, 0.05) is 0 Å². The largest absolute Gasteiger partial charge is 1.00 e. The Bertz CT molecular complexity index is 1030. The fourth-order valence-corrected chi connectivity index (χ4v) is 7.55. The first kappa shape index (κ1) is 60.7. The predicted octanol–water partition coefficient (Wildman–Crippen LogP) is -24.9. The molecule has 24 nitrogen and oxygen atoms in total. The van der Waals surface area contributed by atoms with Gasteiger partial charge in [0.2, 0.25) is 0 Å². The molecule has 0 aromatic heterocycles. The molecular formula is C6H12Na6O24P6. The van der Waals surface area contributed by atoms with Crippen molar-refractivity contribution in [2.75, 3.05) is 0 Å². The van der Waals surface area contributed by atoms with Crippen molar-refractivity contribution in [2.45, 2.75) is 36.6 Å². The van der Waals surface area contributed by atoms with Gasteiger partial charge in [0.05, 0.1) is 15.6 Å². The quantitative estimate of drug-likeness (QED) is 0.0789. The number of aliphatic hydroxyl groups excluding tert-OH is 3. The molecule has 1 saturated carbocycles. The fourth-order valence-electron chi connectivity index (χ4n) is 2.42. The minimum atomic E-state index is -6.62. The summed E-state index contributed by atoms with van der Waals surface area (Å²) < 4.78 is 88.4. The molecule has 0 aromatic carbocycles. The molecule has 0 heterocycles. The predicted molar refractivity (Wildman–Crippen MR) is 88.2 cm³/mol. The Morgan fingerprint density at radius 2 is 0.738 bits per heavy atom. The molecule has 36 heteroatoms. The van der Waals surface area contributed by atoms with Gasteiger partial charge in [-0.3, -0.25) is 22.3 Å². The van der Waals surface area contributed by atoms with E-state index in [9.17, 15) is 77.0 Å². The standard InChI is InChI=1S/C6H18O24P6.6Na/c7-1-2(8)4(25-34(19,20)28-31(10,11)12)6(27-36(23,24)30-33(16,17)18)5(3(1)9)26-35(21,22)29-32(13,14)15;;;;;;/h1-9H,(H,19,20)(H,21,22)(H,23,24)(H2,10,11,12)(H2,13,14,15)(H2,16,17,18);;;;;;/q;6*+1/p-6. The normalized spacial score (nSPS) is 28.6. The van der Waals surface area contributed by atoms with Crippen molar-refractivity contribution in [1.29, 1.82) is 0 Å². The number of hydrogen-bond donors (Lipinski definition) is 6. The number of rotatable bonds is 12. The molecule has 9 atom stereocenters. The van der Waals surface area contributed by atoms with E-state index in [1.165, 1.54) is 0 Å². The third-order valence-electron chi connectivity index (χ3n) is 3.39. The van der Waals surface area contributed by atoms with Gasteiger partial charge in [-0.2, -0.15) is 4.31 Å². The number of phosphoric acid groups is 6. The third kappa shape index (κ3) is 24.0. The Hall–Kier alpha value is 6.66. The zero-order valence-corrected chi connectivity index (χ0v) is 39.5. The molecule has 6 N–H and O–H groups in total. The second-order valence-corrected chi connectivity index (χ2v) is 14.3. The van der Waals surface area contributed by atoms with E-state index in [0.29, 0.717) is 0 Å². The molecule has 1 fully saturated rings. The summed E-state index contributed by atoms with van der Waals surface area (Å²) in [5.41, 5.74) is 0. The maximum Gasteiger partial charge on any atom is 1.00 e. The third-order valence-corrected chi connectivity index (χ3v) is 9.78. The Morgan fingerprint density at radius 1 is 0.452 bits per heavy atom. The SMILES string of the molecule is O=P([O-])([O-])OP(=O)([O-])OC1C(O)C(O)C(O)C(OP(=O)(O)OP(=O)(O)O)C1OP(=O)([O-])OP(=O)([O-])[O-].[Na+].[Na+].[Na+].[Na+].[Na+].[Na+]. The van der Waals surface area contributed by atoms with E-state index in [2.05, 4.69) is 26.5 Å². The number of aliphatic hydroxyl groups is 3. The first-order chi connectivity index (χ1) is 15.6. The molecule has 0 radical (unpaired) electrons. The molecular weight excluding hydrogens is 780 g/mol. The average molecular weight is 792 g/mol. The smallest absolute Gasteiger partial charge is 0.790 e. The fraction of sp³-hybridized carbons (Fsp3) is 1.00. The summed E-state index contributed by atoms with van der Waals surface area (Å²) in [6, 6.07) is 0. The van der Waals surface area contributed by atoms with Gasteiger partial charge in [-0.15, -0.1) is 0 Å². The first-order valence-corrected chi connectivity index (χ1v) is 16.8. The van der Waals surface area contributed by atoms with Crippen LogP contribution in [0, 0.1) is 0 Å². The Morgan fingerprint density at radius 3 is 1.02 bits per heavy atom. The molecule has 0 spiro atoms. The molecule has 1 aliphatic carbocycles. The van der Waals surface area contributed by atoms with Crippen molar-refractivity contribution in [3.8, 4) is 0 Å². The van der Waals surface area contributed by atoms with Gasteiger partial charge >= 0.3 is 193 Å². The Balaban J connectivity index is -0.000000540. The molecule has 0 bridgehead atoms. The maximum atomic E-state index is 11.8. The molecule has 0 saturated heterocycles. The van der Waals surface area contributed by atoms with Crippen molar-refractivity contribution >= 4 is 46.9 Å². The molecule has 0 aromatic rings. The number of phosphoric ester groups is 3. The van der Waals surface area contributed by atoms with Crippen LogP contribution in [0.15, 0.2) is 0 Å². The molecule has 42 heavy (non-hydrogen) atoms. The molecule has 1 rings (SSSR count). The first-order valence-electron chi connectivity index (χ1n) is 7.92. The van der Waals surface area contributed by atoms with Crippen LogP contribution in [-0.4, -0.2) is 66.6 Å². The van der Waals surface area contributed by atoms with Crippen LogP contribution >= 0.6 is 46.9 Å². The molecule has 216 valence electrons. The number of hydrogen-bond acceptors (Lipinski definition) is 21. The minimum absolute atomic E-state index is 0. The summed E-state index contributed by atoms with van der Waals surface area (Å²) in [6.45, 7) is 0. The van der Waals surface area contributed by atoms with Crippen molar-refractivity contribution < 1.29 is 291 Å². The summed E-state index contributed by atoms with van der Waals surface area (Å²) >= 11 is 0. The summed E-state index contributed by atoms with van der Waals surface area (Å²) in [4.78, 5) is 92.4. The van der Waals surface area contributed by atoms with Crippen molar-refractivity contribution in [3.05, 3.63) is 0 Å². The zero-order chi connectivity index (χ0) is 28.7. The van der Waals surface area contributed by atoms with Gasteiger partial charge in [0.15, 0.2) is 0 Å². The summed E-state index contributed by atoms with van der Waals surface area (Å²) in [5, 5.41) is 29.8. The van der Waals surface area contributed by atoms with Gasteiger partial charge in [-0.05, 0) is 0 Å². The van der Waals surface area contributed by atoms with Gasteiger partial charge < -0.3 is 77.5 Å². The Kier molecular flexibility index (Phi) is 33.8. The van der Waals surface area contributed by atoms with Crippen molar-refractivity contribution in [3.63, 3.8) is 0 Å². The molecule has 0 amide bonds. The van der Waals surface area contributed by atoms with E-state index in [0.717, 1.165) is 0 Å². The van der Waals surface area contributed by atoms with Crippen molar-refractivity contribution in [2.24, 2.45) is 0 Å². The van der Waals surface area contributed by atoms with Gasteiger partial charge in [-0.25, -0.2) is 9.13 Å². The van der Waals surface area contributed by atoms with Crippen LogP contribution in [0.4, 0.5) is 0 Å². The maximum absolute atomic E-state index is 11.8. The van der Waals surface area contributed by atoms with Crippen LogP contribution in [-0.2, 0) is 53.9 Å². The van der Waals surface area contributed by atoms with E-state index >= 15 is 0 Å². The van der Waals surface area contributed by atoms with Crippen LogP contribution in [0.2, 0.25) is 0 Å². The monoisotopic (exact) mass is 792 g/mol. The van der Waals surface area contributed by atoms with E-state index < -0.39 is 83.6 Å². The van der Waals surface area contributed by atoms with Crippen LogP contribution < -0.4 is 207 Å². The van der Waals surface area contributed by atoms with E-state index in [1.54, 1.807) is 0 Å². The molecule has 9 unspecified atom stereocenters. The van der Waals surface area contributed by atoms with E-state index in [-0.39, 0.29) is 177 Å². The van der Waals surface area contributed by atoms with E-state index in [1.807, 2.05) is 0 Å². The average Bonchev–Trinajstić information content (AvgIpc) is 2.53. The van der Waals surface area contributed by atoms with E-state index in [4.69, 9.17) is 9.79 Å². The molecule has 1 aliphatic rings. The van der Waals surface area contributed by atoms with Crippen LogP contribution in [0.5, 0.6) is 0 Å². The molecule has 0 aliphatic heterocycles. The summed E-state index contributed by atoms with van der Waals surface area (Å²) in [6.07, 6.45) is -18.4. The summed E-state index contributed by atoms with van der Waals surface area (Å²) in [5.74, 6) is 0. The van der Waals surface area contributed by atoms with Crippen LogP contribution in [0.3, 0.4) is 0 Å². The zero-order valence-electron chi connectivity index (χ0n) is 22.2. The summed E-state index contributed by atoms with van der Waals surface area (Å²) in [7, 11) is -38.3. The van der Waals surface area contributed by atoms with Crippen molar-refractivity contribution in [1.82, 2.24) is 0 Å². The second-order valence-electron chi connectivity index (χ2n) is 6.17. The topological polar surface area (TPSA) is 418 Å². The second kappa shape index (κ2) is 23.4. The minimum Gasteiger partial charge on any atom is -0.790 e. The Labute approximate surface area is 368 Å².